The zero-order valence-electron chi connectivity index (χ0n) is 11.9. The molecule has 0 bridgehead atoms. The van der Waals surface area contributed by atoms with E-state index in [2.05, 4.69) is 45.0 Å². The normalized spacial score (nSPS) is 13.2. The Kier molecular flexibility index (Phi) is 4.38. The van der Waals surface area contributed by atoms with Crippen LogP contribution in [0.3, 0.4) is 0 Å². The highest BCUT2D eigenvalue weighted by Crippen LogP contribution is 2.24. The van der Waals surface area contributed by atoms with Crippen molar-refractivity contribution in [2.75, 3.05) is 18.5 Å². The van der Waals surface area contributed by atoms with E-state index in [0.717, 1.165) is 5.69 Å². The molecule has 1 N–H and O–H groups in total. The number of hydrogen-bond acceptors (Lipinski definition) is 2. The van der Waals surface area contributed by atoms with Crippen LogP contribution >= 0.6 is 0 Å². The van der Waals surface area contributed by atoms with E-state index in [9.17, 15) is 4.79 Å². The van der Waals surface area contributed by atoms with Crippen molar-refractivity contribution in [1.82, 2.24) is 0 Å². The molecule has 1 atom stereocenters. The molecule has 1 aromatic carbocycles. The van der Waals surface area contributed by atoms with E-state index < -0.39 is 5.97 Å². The molecule has 0 aromatic heterocycles. The maximum atomic E-state index is 10.8. The van der Waals surface area contributed by atoms with Crippen molar-refractivity contribution in [2.24, 2.45) is 5.92 Å². The second-order valence-corrected chi connectivity index (χ2v) is 5.92. The molecule has 0 aliphatic rings. The fourth-order valence-corrected chi connectivity index (χ4v) is 1.81. The molecule has 1 unspecified atom stereocenters. The summed E-state index contributed by atoms with van der Waals surface area (Å²) in [6.45, 7) is 8.78. The van der Waals surface area contributed by atoms with Crippen LogP contribution in [-0.4, -0.2) is 24.7 Å². The summed E-state index contributed by atoms with van der Waals surface area (Å²) in [7, 11) is 1.92. The van der Waals surface area contributed by atoms with Gasteiger partial charge >= 0.3 is 5.97 Å². The third-order valence-corrected chi connectivity index (χ3v) is 3.14. The van der Waals surface area contributed by atoms with E-state index in [1.54, 1.807) is 6.92 Å². The first-order valence-corrected chi connectivity index (χ1v) is 6.26. The van der Waals surface area contributed by atoms with E-state index >= 15 is 0 Å². The van der Waals surface area contributed by atoms with Crippen LogP contribution in [0.25, 0.3) is 0 Å². The summed E-state index contributed by atoms with van der Waals surface area (Å²) in [5.41, 5.74) is 2.48. The van der Waals surface area contributed by atoms with Gasteiger partial charge in [-0.25, -0.2) is 0 Å². The molecule has 0 aliphatic heterocycles. The highest BCUT2D eigenvalue weighted by atomic mass is 16.4. The molecular formula is C15H23NO2. The lowest BCUT2D eigenvalue weighted by Gasteiger charge is -2.24. The summed E-state index contributed by atoms with van der Waals surface area (Å²) >= 11 is 0. The van der Waals surface area contributed by atoms with Crippen LogP contribution in [0, 0.1) is 5.92 Å². The van der Waals surface area contributed by atoms with Crippen molar-refractivity contribution in [2.45, 2.75) is 33.1 Å². The maximum Gasteiger partial charge on any atom is 0.308 e. The van der Waals surface area contributed by atoms with Gasteiger partial charge in [-0.15, -0.1) is 0 Å². The Bertz CT molecular complexity index is 403. The molecule has 0 radical (unpaired) electrons. The molecule has 0 fully saturated rings. The average Bonchev–Trinajstić information content (AvgIpc) is 2.27. The topological polar surface area (TPSA) is 40.5 Å². The molecule has 0 saturated carbocycles. The number of carboxylic acid groups (broad SMARTS) is 1. The van der Waals surface area contributed by atoms with Crippen LogP contribution in [0.15, 0.2) is 24.3 Å². The molecule has 1 rings (SSSR count). The lowest BCUT2D eigenvalue weighted by Crippen LogP contribution is -2.28. The monoisotopic (exact) mass is 249 g/mol. The van der Waals surface area contributed by atoms with E-state index in [1.165, 1.54) is 5.56 Å². The average molecular weight is 249 g/mol. The first-order valence-electron chi connectivity index (χ1n) is 6.26. The van der Waals surface area contributed by atoms with Crippen LogP contribution in [0.1, 0.15) is 33.3 Å². The van der Waals surface area contributed by atoms with Crippen molar-refractivity contribution < 1.29 is 9.90 Å². The number of carbonyl (C=O) groups is 1. The van der Waals surface area contributed by atoms with Crippen molar-refractivity contribution in [3.63, 3.8) is 0 Å². The van der Waals surface area contributed by atoms with E-state index in [1.807, 2.05) is 11.9 Å². The first kappa shape index (κ1) is 14.6. The van der Waals surface area contributed by atoms with Crippen LogP contribution in [0.2, 0.25) is 0 Å². The van der Waals surface area contributed by atoms with Gasteiger partial charge in [0.2, 0.25) is 0 Å². The number of nitrogens with zero attached hydrogens (tertiary/aromatic N) is 1. The van der Waals surface area contributed by atoms with Gasteiger partial charge in [0, 0.05) is 19.3 Å². The molecule has 0 saturated heterocycles. The Morgan fingerprint density at radius 2 is 1.78 bits per heavy atom. The van der Waals surface area contributed by atoms with Gasteiger partial charge in [0.05, 0.1) is 5.92 Å². The van der Waals surface area contributed by atoms with E-state index in [4.69, 9.17) is 5.11 Å². The summed E-state index contributed by atoms with van der Waals surface area (Å²) in [5, 5.41) is 8.90. The fourth-order valence-electron chi connectivity index (χ4n) is 1.81. The Labute approximate surface area is 109 Å². The molecule has 0 aliphatic carbocycles. The molecule has 18 heavy (non-hydrogen) atoms. The van der Waals surface area contributed by atoms with Crippen molar-refractivity contribution in [1.29, 1.82) is 0 Å². The minimum Gasteiger partial charge on any atom is -0.481 e. The standard InChI is InChI=1S/C15H23NO2/c1-11(14(17)18)10-16(5)13-8-6-12(7-9-13)15(2,3)4/h6-9,11H,10H2,1-5H3,(H,17,18). The molecule has 3 heteroatoms. The zero-order valence-corrected chi connectivity index (χ0v) is 11.9. The quantitative estimate of drug-likeness (QED) is 0.891. The largest absolute Gasteiger partial charge is 0.481 e. The van der Waals surface area contributed by atoms with Crippen LogP contribution in [0.4, 0.5) is 5.69 Å². The number of hydrogen-bond donors (Lipinski definition) is 1. The lowest BCUT2D eigenvalue weighted by atomic mass is 9.87. The Morgan fingerprint density at radius 3 is 2.17 bits per heavy atom. The number of benzene rings is 1. The van der Waals surface area contributed by atoms with Crippen molar-refractivity contribution in [3.05, 3.63) is 29.8 Å². The summed E-state index contributed by atoms with van der Waals surface area (Å²) < 4.78 is 0. The number of aliphatic carboxylic acids is 1. The second kappa shape index (κ2) is 5.42. The zero-order chi connectivity index (χ0) is 13.9. The Hall–Kier alpha value is -1.51. The van der Waals surface area contributed by atoms with Gasteiger partial charge in [-0.1, -0.05) is 39.8 Å². The molecule has 100 valence electrons. The summed E-state index contributed by atoms with van der Waals surface area (Å²) in [4.78, 5) is 12.8. The second-order valence-electron chi connectivity index (χ2n) is 5.92. The highest BCUT2D eigenvalue weighted by molar-refractivity contribution is 5.70. The summed E-state index contributed by atoms with van der Waals surface area (Å²) in [6.07, 6.45) is 0. The lowest BCUT2D eigenvalue weighted by molar-refractivity contribution is -0.140. The van der Waals surface area contributed by atoms with Gasteiger partial charge in [0.25, 0.3) is 0 Å². The highest BCUT2D eigenvalue weighted by Gasteiger charge is 2.16. The first-order chi connectivity index (χ1) is 8.21. The summed E-state index contributed by atoms with van der Waals surface area (Å²) in [6, 6.07) is 8.32. The number of carboxylic acids is 1. The van der Waals surface area contributed by atoms with Gasteiger partial charge in [-0.2, -0.15) is 0 Å². The number of anilines is 1. The minimum absolute atomic E-state index is 0.144. The van der Waals surface area contributed by atoms with E-state index in [-0.39, 0.29) is 11.3 Å². The predicted octanol–water partition coefficient (Wildman–Crippen LogP) is 3.14. The summed E-state index contributed by atoms with van der Waals surface area (Å²) in [5.74, 6) is -1.12. The molecule has 0 spiro atoms. The third kappa shape index (κ3) is 3.76. The Balaban J connectivity index is 2.76. The van der Waals surface area contributed by atoms with Gasteiger partial charge in [-0.3, -0.25) is 4.79 Å². The predicted molar refractivity (Wildman–Crippen MR) is 75.2 cm³/mol. The van der Waals surface area contributed by atoms with Crippen molar-refractivity contribution in [3.8, 4) is 0 Å². The molecule has 0 amide bonds. The van der Waals surface area contributed by atoms with Gasteiger partial charge in [0.15, 0.2) is 0 Å². The van der Waals surface area contributed by atoms with E-state index in [0.29, 0.717) is 6.54 Å². The van der Waals surface area contributed by atoms with Crippen molar-refractivity contribution >= 4 is 11.7 Å². The molecular weight excluding hydrogens is 226 g/mol. The SMILES string of the molecule is CC(CN(C)c1ccc(C(C)(C)C)cc1)C(=O)O. The third-order valence-electron chi connectivity index (χ3n) is 3.14. The molecule has 1 aromatic rings. The van der Waals surface area contributed by atoms with Crippen LogP contribution < -0.4 is 4.90 Å². The smallest absolute Gasteiger partial charge is 0.308 e. The van der Waals surface area contributed by atoms with Crippen LogP contribution in [-0.2, 0) is 10.2 Å². The fraction of sp³-hybridized carbons (Fsp3) is 0.533. The maximum absolute atomic E-state index is 10.8. The minimum atomic E-state index is -0.756. The van der Waals surface area contributed by atoms with Gasteiger partial charge < -0.3 is 10.0 Å². The van der Waals surface area contributed by atoms with Gasteiger partial charge in [0.1, 0.15) is 0 Å². The molecule has 3 nitrogen and oxygen atoms in total. The Morgan fingerprint density at radius 1 is 1.28 bits per heavy atom. The number of rotatable bonds is 4. The van der Waals surface area contributed by atoms with Crippen LogP contribution in [0.5, 0.6) is 0 Å². The molecule has 0 heterocycles. The van der Waals surface area contributed by atoms with Gasteiger partial charge in [-0.05, 0) is 23.1 Å².